The van der Waals surface area contributed by atoms with Gasteiger partial charge in [-0.2, -0.15) is 0 Å². The van der Waals surface area contributed by atoms with E-state index >= 15 is 0 Å². The molecular weight excluding hydrogens is 224 g/mol. The third kappa shape index (κ3) is 4.70. The molecule has 0 unspecified atom stereocenters. The third-order valence-electron chi connectivity index (χ3n) is 2.85. The highest BCUT2D eigenvalue weighted by molar-refractivity contribution is 5.83. The highest BCUT2D eigenvalue weighted by atomic mass is 16.5. The summed E-state index contributed by atoms with van der Waals surface area (Å²) >= 11 is 0. The lowest BCUT2D eigenvalue weighted by Crippen LogP contribution is -2.46. The fourth-order valence-corrected chi connectivity index (χ4v) is 1.95. The van der Waals surface area contributed by atoms with Crippen LogP contribution in [0, 0.1) is 5.92 Å². The van der Waals surface area contributed by atoms with E-state index in [9.17, 15) is 9.59 Å². The number of carboxylic acids is 1. The minimum atomic E-state index is -0.988. The van der Waals surface area contributed by atoms with Gasteiger partial charge in [0.2, 0.25) is 5.91 Å². The average molecular weight is 244 g/mol. The van der Waals surface area contributed by atoms with Crippen molar-refractivity contribution >= 4 is 11.9 Å². The lowest BCUT2D eigenvalue weighted by molar-refractivity contribution is -0.147. The van der Waals surface area contributed by atoms with E-state index < -0.39 is 5.97 Å². The van der Waals surface area contributed by atoms with Gasteiger partial charge in [-0.3, -0.25) is 9.59 Å². The third-order valence-corrected chi connectivity index (χ3v) is 2.85. The molecular formula is C11H20N2O4. The van der Waals surface area contributed by atoms with E-state index in [1.54, 1.807) is 0 Å². The van der Waals surface area contributed by atoms with Crippen LogP contribution in [0.15, 0.2) is 0 Å². The highest BCUT2D eigenvalue weighted by Gasteiger charge is 2.26. The summed E-state index contributed by atoms with van der Waals surface area (Å²) in [7, 11) is 1.53. The van der Waals surface area contributed by atoms with Crippen molar-refractivity contribution in [2.75, 3.05) is 39.9 Å². The molecule has 1 saturated heterocycles. The molecule has 1 rings (SSSR count). The Bertz CT molecular complexity index is 264. The van der Waals surface area contributed by atoms with Crippen LogP contribution in [0.3, 0.4) is 0 Å². The molecule has 0 spiro atoms. The van der Waals surface area contributed by atoms with E-state index in [2.05, 4.69) is 5.32 Å². The summed E-state index contributed by atoms with van der Waals surface area (Å²) in [6.45, 7) is 2.01. The Balaban J connectivity index is 2.53. The van der Waals surface area contributed by atoms with E-state index in [4.69, 9.17) is 9.84 Å². The number of methoxy groups -OCH3 is 1. The molecule has 6 heteroatoms. The summed E-state index contributed by atoms with van der Waals surface area (Å²) in [6, 6.07) is 0. The number of carbonyl (C=O) groups is 2. The summed E-state index contributed by atoms with van der Waals surface area (Å²) in [4.78, 5) is 24.2. The van der Waals surface area contributed by atoms with Gasteiger partial charge in [0, 0.05) is 20.2 Å². The molecule has 0 aliphatic carbocycles. The number of nitrogens with zero attached hydrogens (tertiary/aromatic N) is 1. The summed E-state index contributed by atoms with van der Waals surface area (Å²) in [5.41, 5.74) is 0. The maximum Gasteiger partial charge on any atom is 0.323 e. The van der Waals surface area contributed by atoms with Crippen LogP contribution in [-0.2, 0) is 14.3 Å². The summed E-state index contributed by atoms with van der Waals surface area (Å²) in [6.07, 6.45) is 1.79. The predicted molar refractivity (Wildman–Crippen MR) is 61.7 cm³/mol. The summed E-state index contributed by atoms with van der Waals surface area (Å²) in [5, 5.41) is 11.9. The first-order chi connectivity index (χ1) is 8.15. The van der Waals surface area contributed by atoms with Gasteiger partial charge in [0.1, 0.15) is 6.54 Å². The Morgan fingerprint density at radius 2 is 2.29 bits per heavy atom. The minimum absolute atomic E-state index is 0.0864. The van der Waals surface area contributed by atoms with Crippen LogP contribution in [0.4, 0.5) is 0 Å². The number of rotatable bonds is 6. The van der Waals surface area contributed by atoms with Crippen molar-refractivity contribution in [1.82, 2.24) is 10.2 Å². The molecule has 0 aromatic rings. The van der Waals surface area contributed by atoms with Crippen molar-refractivity contribution in [3.05, 3.63) is 0 Å². The molecule has 0 aromatic carbocycles. The number of amides is 1. The number of piperidine rings is 1. The average Bonchev–Trinajstić information content (AvgIpc) is 2.34. The summed E-state index contributed by atoms with van der Waals surface area (Å²) in [5.74, 6) is -1.17. The quantitative estimate of drug-likeness (QED) is 0.661. The van der Waals surface area contributed by atoms with Crippen molar-refractivity contribution in [2.24, 2.45) is 5.92 Å². The second kappa shape index (κ2) is 7.24. The molecule has 98 valence electrons. The van der Waals surface area contributed by atoms with Gasteiger partial charge in [-0.25, -0.2) is 0 Å². The van der Waals surface area contributed by atoms with Gasteiger partial charge in [-0.1, -0.05) is 0 Å². The lowest BCUT2D eigenvalue weighted by Gasteiger charge is -2.28. The minimum Gasteiger partial charge on any atom is -0.480 e. The van der Waals surface area contributed by atoms with Crippen LogP contribution in [-0.4, -0.2) is 61.8 Å². The molecule has 0 aromatic heterocycles. The lowest BCUT2D eigenvalue weighted by atomic mass is 9.98. The van der Waals surface area contributed by atoms with E-state index in [0.717, 1.165) is 19.4 Å². The zero-order valence-corrected chi connectivity index (χ0v) is 10.1. The van der Waals surface area contributed by atoms with E-state index in [-0.39, 0.29) is 18.4 Å². The molecule has 1 aliphatic heterocycles. The summed E-state index contributed by atoms with van der Waals surface area (Å²) < 4.78 is 4.89. The van der Waals surface area contributed by atoms with Crippen molar-refractivity contribution in [3.8, 4) is 0 Å². The Labute approximate surface area is 101 Å². The van der Waals surface area contributed by atoms with Gasteiger partial charge < -0.3 is 20.1 Å². The SMILES string of the molecule is COCCN(CC(=O)O)C(=O)[C@H]1CCCNC1. The van der Waals surface area contributed by atoms with Crippen LogP contribution in [0.5, 0.6) is 0 Å². The monoisotopic (exact) mass is 244 g/mol. The number of aliphatic carboxylic acids is 1. The first kappa shape index (κ1) is 13.9. The molecule has 1 amide bonds. The maximum absolute atomic E-state index is 12.1. The zero-order chi connectivity index (χ0) is 12.7. The van der Waals surface area contributed by atoms with Gasteiger partial charge in [0.25, 0.3) is 0 Å². The van der Waals surface area contributed by atoms with Crippen LogP contribution in [0.25, 0.3) is 0 Å². The normalized spacial score (nSPS) is 19.9. The topological polar surface area (TPSA) is 78.9 Å². The Morgan fingerprint density at radius 3 is 2.82 bits per heavy atom. The van der Waals surface area contributed by atoms with Gasteiger partial charge in [-0.05, 0) is 19.4 Å². The second-order valence-electron chi connectivity index (χ2n) is 4.19. The number of ether oxygens (including phenoxy) is 1. The van der Waals surface area contributed by atoms with Gasteiger partial charge in [0.05, 0.1) is 12.5 Å². The molecule has 1 atom stereocenters. The van der Waals surface area contributed by atoms with Gasteiger partial charge in [-0.15, -0.1) is 0 Å². The maximum atomic E-state index is 12.1. The molecule has 0 saturated carbocycles. The fourth-order valence-electron chi connectivity index (χ4n) is 1.95. The van der Waals surface area contributed by atoms with Gasteiger partial charge >= 0.3 is 5.97 Å². The van der Waals surface area contributed by atoms with Crippen molar-refractivity contribution in [3.63, 3.8) is 0 Å². The molecule has 0 radical (unpaired) electrons. The van der Waals surface area contributed by atoms with Crippen LogP contribution < -0.4 is 5.32 Å². The number of hydrogen-bond donors (Lipinski definition) is 2. The molecule has 2 N–H and O–H groups in total. The van der Waals surface area contributed by atoms with E-state index in [0.29, 0.717) is 19.7 Å². The number of carboxylic acid groups (broad SMARTS) is 1. The predicted octanol–water partition coefficient (Wildman–Crippen LogP) is -0.454. The van der Waals surface area contributed by atoms with Crippen LogP contribution in [0.1, 0.15) is 12.8 Å². The Kier molecular flexibility index (Phi) is 5.93. The van der Waals surface area contributed by atoms with E-state index in [1.165, 1.54) is 12.0 Å². The Morgan fingerprint density at radius 1 is 1.53 bits per heavy atom. The van der Waals surface area contributed by atoms with Crippen molar-refractivity contribution in [2.45, 2.75) is 12.8 Å². The molecule has 1 fully saturated rings. The zero-order valence-electron chi connectivity index (χ0n) is 10.1. The second-order valence-corrected chi connectivity index (χ2v) is 4.19. The number of hydrogen-bond acceptors (Lipinski definition) is 4. The first-order valence-electron chi connectivity index (χ1n) is 5.85. The molecule has 1 aliphatic rings. The standard InChI is InChI=1S/C11H20N2O4/c1-17-6-5-13(8-10(14)15)11(16)9-3-2-4-12-7-9/h9,12H,2-8H2,1H3,(H,14,15)/t9-/m0/s1. The number of nitrogens with one attached hydrogen (secondary N) is 1. The molecule has 1 heterocycles. The van der Waals surface area contributed by atoms with Crippen LogP contribution in [0.2, 0.25) is 0 Å². The van der Waals surface area contributed by atoms with Gasteiger partial charge in [0.15, 0.2) is 0 Å². The highest BCUT2D eigenvalue weighted by Crippen LogP contribution is 2.13. The fraction of sp³-hybridized carbons (Fsp3) is 0.818. The molecule has 0 bridgehead atoms. The molecule has 17 heavy (non-hydrogen) atoms. The largest absolute Gasteiger partial charge is 0.480 e. The Hall–Kier alpha value is -1.14. The number of carbonyl (C=O) groups excluding carboxylic acids is 1. The van der Waals surface area contributed by atoms with E-state index in [1.807, 2.05) is 0 Å². The smallest absolute Gasteiger partial charge is 0.323 e. The van der Waals surface area contributed by atoms with Crippen molar-refractivity contribution < 1.29 is 19.4 Å². The first-order valence-corrected chi connectivity index (χ1v) is 5.85. The van der Waals surface area contributed by atoms with Crippen molar-refractivity contribution in [1.29, 1.82) is 0 Å². The molecule has 6 nitrogen and oxygen atoms in total. The van der Waals surface area contributed by atoms with Crippen LogP contribution >= 0.6 is 0 Å².